The summed E-state index contributed by atoms with van der Waals surface area (Å²) in [6.07, 6.45) is 3.72. The summed E-state index contributed by atoms with van der Waals surface area (Å²) >= 11 is 0. The molecule has 0 bridgehead atoms. The van der Waals surface area contributed by atoms with E-state index in [1.54, 1.807) is 0 Å². The van der Waals surface area contributed by atoms with Crippen LogP contribution in [0.5, 0.6) is 5.75 Å². The molecule has 8 nitrogen and oxygen atoms in total. The summed E-state index contributed by atoms with van der Waals surface area (Å²) in [5.41, 5.74) is 2.86. The smallest absolute Gasteiger partial charge is 0.272 e. The zero-order valence-corrected chi connectivity index (χ0v) is 17.6. The van der Waals surface area contributed by atoms with Crippen molar-refractivity contribution in [2.45, 2.75) is 39.0 Å². The molecule has 2 atom stereocenters. The number of fused-ring (bicyclic) bond motifs is 1. The Morgan fingerprint density at radius 1 is 1.32 bits per heavy atom. The van der Waals surface area contributed by atoms with Gasteiger partial charge in [0.25, 0.3) is 11.5 Å². The van der Waals surface area contributed by atoms with Crippen molar-refractivity contribution in [3.8, 4) is 5.75 Å². The van der Waals surface area contributed by atoms with Crippen LogP contribution in [0.2, 0.25) is 0 Å². The molecule has 4 rings (SSSR count). The van der Waals surface area contributed by atoms with Crippen LogP contribution in [0.1, 0.15) is 35.5 Å². The quantitative estimate of drug-likeness (QED) is 0.627. The number of rotatable bonds is 6. The Bertz CT molecular complexity index is 1200. The summed E-state index contributed by atoms with van der Waals surface area (Å²) in [7, 11) is 1.42. The Morgan fingerprint density at radius 3 is 2.81 bits per heavy atom. The number of carbonyl (C=O) groups is 1. The lowest BCUT2D eigenvalue weighted by Gasteiger charge is -2.45. The van der Waals surface area contributed by atoms with Crippen molar-refractivity contribution in [3.05, 3.63) is 63.6 Å². The van der Waals surface area contributed by atoms with Crippen LogP contribution in [-0.4, -0.2) is 51.5 Å². The lowest BCUT2D eigenvalue weighted by Crippen LogP contribution is -2.60. The summed E-state index contributed by atoms with van der Waals surface area (Å²) in [6.45, 7) is 5.28. The third-order valence-corrected chi connectivity index (χ3v) is 5.67. The summed E-state index contributed by atoms with van der Waals surface area (Å²) in [5.74, 6) is -1.01. The topological polar surface area (TPSA) is 100 Å². The molecule has 0 aromatic carbocycles. The molecule has 0 radical (unpaired) electrons. The van der Waals surface area contributed by atoms with E-state index in [4.69, 9.17) is 4.74 Å². The van der Waals surface area contributed by atoms with Gasteiger partial charge in [-0.1, -0.05) is 6.92 Å². The molecule has 1 aliphatic rings. The van der Waals surface area contributed by atoms with Gasteiger partial charge in [0.15, 0.2) is 11.5 Å². The van der Waals surface area contributed by atoms with Crippen LogP contribution in [0.4, 0.5) is 4.39 Å². The molecule has 3 aromatic rings. The van der Waals surface area contributed by atoms with E-state index in [9.17, 15) is 14.0 Å². The Kier molecular flexibility index (Phi) is 5.69. The summed E-state index contributed by atoms with van der Waals surface area (Å²) < 4.78 is 19.9. The van der Waals surface area contributed by atoms with Crippen molar-refractivity contribution in [2.24, 2.45) is 0 Å². The number of H-pyrrole nitrogens is 1. The van der Waals surface area contributed by atoms with Crippen LogP contribution in [0.25, 0.3) is 11.0 Å². The lowest BCUT2D eigenvalue weighted by atomic mass is 10.00. The zero-order chi connectivity index (χ0) is 22.1. The van der Waals surface area contributed by atoms with Gasteiger partial charge in [0.2, 0.25) is 0 Å². The van der Waals surface area contributed by atoms with Crippen molar-refractivity contribution in [3.63, 3.8) is 0 Å². The second-order valence-electron chi connectivity index (χ2n) is 7.66. The van der Waals surface area contributed by atoms with Crippen molar-refractivity contribution in [2.75, 3.05) is 13.6 Å². The maximum absolute atomic E-state index is 14.1. The van der Waals surface area contributed by atoms with Gasteiger partial charge >= 0.3 is 0 Å². The van der Waals surface area contributed by atoms with Gasteiger partial charge in [-0.15, -0.1) is 0 Å². The molecule has 1 aliphatic heterocycles. The Hall–Kier alpha value is -3.33. The van der Waals surface area contributed by atoms with Gasteiger partial charge in [-0.3, -0.25) is 19.5 Å². The number of aromatic nitrogens is 3. The average Bonchev–Trinajstić information content (AvgIpc) is 2.77. The summed E-state index contributed by atoms with van der Waals surface area (Å²) in [6, 6.07) is 5.05. The highest BCUT2D eigenvalue weighted by atomic mass is 19.1. The van der Waals surface area contributed by atoms with Gasteiger partial charge in [-0.25, -0.2) is 9.37 Å². The van der Waals surface area contributed by atoms with Gasteiger partial charge in [-0.2, -0.15) is 0 Å². The van der Waals surface area contributed by atoms with E-state index in [-0.39, 0.29) is 23.4 Å². The number of nitrogens with one attached hydrogen (secondary N) is 2. The highest BCUT2D eigenvalue weighted by Gasteiger charge is 2.37. The molecule has 4 heterocycles. The minimum atomic E-state index is -0.719. The molecule has 0 spiro atoms. The molecule has 9 heteroatoms. The van der Waals surface area contributed by atoms with E-state index in [1.165, 1.54) is 19.3 Å². The van der Waals surface area contributed by atoms with Gasteiger partial charge < -0.3 is 15.0 Å². The average molecular weight is 425 g/mol. The number of aromatic amines is 1. The second kappa shape index (κ2) is 8.43. The fraction of sp³-hybridized carbons (Fsp3) is 0.364. The second-order valence-corrected chi connectivity index (χ2v) is 7.66. The van der Waals surface area contributed by atoms with Crippen LogP contribution in [0.3, 0.4) is 0 Å². The molecule has 3 aromatic heterocycles. The van der Waals surface area contributed by atoms with Crippen LogP contribution >= 0.6 is 0 Å². The molecule has 1 fully saturated rings. The molecule has 0 saturated carbocycles. The number of aryl methyl sites for hydroxylation is 1. The van der Waals surface area contributed by atoms with Crippen molar-refractivity contribution in [1.82, 2.24) is 25.2 Å². The highest BCUT2D eigenvalue weighted by molar-refractivity contribution is 5.92. The normalized spacial score (nSPS) is 18.6. The number of halogens is 1. The maximum atomic E-state index is 14.1. The van der Waals surface area contributed by atoms with E-state index in [0.29, 0.717) is 25.3 Å². The summed E-state index contributed by atoms with van der Waals surface area (Å²) in [4.78, 5) is 37.1. The number of hydrogen-bond donors (Lipinski definition) is 2. The number of carbonyl (C=O) groups excluding carboxylic acids is 1. The zero-order valence-electron chi connectivity index (χ0n) is 17.6. The van der Waals surface area contributed by atoms with Gasteiger partial charge in [0.1, 0.15) is 11.9 Å². The molecular weight excluding hydrogens is 401 g/mol. The summed E-state index contributed by atoms with van der Waals surface area (Å²) in [5, 5.41) is 2.35. The standard InChI is InChI=1S/C22H24FN5O3/c1-4-14-6-17-18(27-21(14)29)5-13(8-25-17)10-28-11-19(12(28)2)31-15-7-16(23)20(26-9-15)22(30)24-3/h5-9,12,19H,4,10-11H2,1-3H3,(H,24,30)(H,27,29)/t12-,19+/m1/s1. The first-order valence-corrected chi connectivity index (χ1v) is 10.2. The molecular formula is C22H24FN5O3. The van der Waals surface area contributed by atoms with Crippen molar-refractivity contribution >= 4 is 16.9 Å². The third-order valence-electron chi connectivity index (χ3n) is 5.67. The van der Waals surface area contributed by atoms with E-state index >= 15 is 0 Å². The SMILES string of the molecule is CCc1cc2ncc(CN3C[C@H](Oc4cnc(C(=O)NC)c(F)c4)[C@H]3C)cc2[nH]c1=O. The van der Waals surface area contributed by atoms with Crippen LogP contribution in [0.15, 0.2) is 35.4 Å². The van der Waals surface area contributed by atoms with E-state index in [0.717, 1.165) is 22.2 Å². The van der Waals surface area contributed by atoms with E-state index < -0.39 is 11.7 Å². The Balaban J connectivity index is 1.40. The maximum Gasteiger partial charge on any atom is 0.272 e. The third kappa shape index (κ3) is 4.13. The minimum absolute atomic E-state index is 0.0805. The molecule has 162 valence electrons. The van der Waals surface area contributed by atoms with Crippen molar-refractivity contribution < 1.29 is 13.9 Å². The number of hydrogen-bond acceptors (Lipinski definition) is 6. The number of nitrogens with zero attached hydrogens (tertiary/aromatic N) is 3. The van der Waals surface area contributed by atoms with Gasteiger partial charge in [-0.05, 0) is 31.0 Å². The Labute approximate surface area is 178 Å². The number of likely N-dealkylation sites (tertiary alicyclic amines) is 1. The fourth-order valence-corrected chi connectivity index (χ4v) is 3.69. The fourth-order valence-electron chi connectivity index (χ4n) is 3.69. The molecule has 1 amide bonds. The highest BCUT2D eigenvalue weighted by Crippen LogP contribution is 2.26. The minimum Gasteiger partial charge on any atom is -0.486 e. The predicted octanol–water partition coefficient (Wildman–Crippen LogP) is 2.03. The molecule has 0 unspecified atom stereocenters. The van der Waals surface area contributed by atoms with Crippen molar-refractivity contribution in [1.29, 1.82) is 0 Å². The van der Waals surface area contributed by atoms with Gasteiger partial charge in [0.05, 0.1) is 17.2 Å². The van der Waals surface area contributed by atoms with Crippen LogP contribution < -0.4 is 15.6 Å². The number of ether oxygens (including phenoxy) is 1. The molecule has 1 saturated heterocycles. The largest absolute Gasteiger partial charge is 0.486 e. The molecule has 0 aliphatic carbocycles. The van der Waals surface area contributed by atoms with Crippen LogP contribution in [0, 0.1) is 5.82 Å². The van der Waals surface area contributed by atoms with E-state index in [1.807, 2.05) is 32.2 Å². The molecule has 2 N–H and O–H groups in total. The number of amides is 1. The van der Waals surface area contributed by atoms with Crippen LogP contribution in [-0.2, 0) is 13.0 Å². The number of pyridine rings is 3. The predicted molar refractivity (Wildman–Crippen MR) is 114 cm³/mol. The molecule has 31 heavy (non-hydrogen) atoms. The van der Waals surface area contributed by atoms with Gasteiger partial charge in [0, 0.05) is 44.0 Å². The monoisotopic (exact) mass is 425 g/mol. The Morgan fingerprint density at radius 2 is 2.13 bits per heavy atom. The first-order chi connectivity index (χ1) is 14.9. The lowest BCUT2D eigenvalue weighted by molar-refractivity contribution is -0.0416. The first-order valence-electron chi connectivity index (χ1n) is 10.2. The first kappa shape index (κ1) is 20.9. The van der Waals surface area contributed by atoms with E-state index in [2.05, 4.69) is 25.2 Å².